The van der Waals surface area contributed by atoms with E-state index in [-0.39, 0.29) is 31.0 Å². The van der Waals surface area contributed by atoms with E-state index in [0.29, 0.717) is 35.1 Å². The third kappa shape index (κ3) is 7.26. The molecule has 1 aromatic carbocycles. The summed E-state index contributed by atoms with van der Waals surface area (Å²) in [6.45, 7) is 4.14. The number of ether oxygens (including phenoxy) is 2. The standard InChI is InChI=1S/C25H29Cl2N3O5/c1-16(2)35-21-11-10-19(13-20(21)27)28-22-14-23(31)29(12-4-5-24(32)34-3)25(33)30(22)15-17-6-8-18(26)9-7-17/h6-8,10-11,13-14,16,18,28H,4-5,9,12,15H2,1-3H3. The molecule has 1 aromatic heterocycles. The van der Waals surface area contributed by atoms with Crippen molar-refractivity contribution in [2.75, 3.05) is 12.4 Å². The summed E-state index contributed by atoms with van der Waals surface area (Å²) in [4.78, 5) is 37.6. The summed E-state index contributed by atoms with van der Waals surface area (Å²) in [5.41, 5.74) is 0.526. The Morgan fingerprint density at radius 1 is 1.23 bits per heavy atom. The van der Waals surface area contributed by atoms with Crippen LogP contribution in [-0.2, 0) is 22.6 Å². The van der Waals surface area contributed by atoms with E-state index in [1.54, 1.807) is 18.2 Å². The van der Waals surface area contributed by atoms with Gasteiger partial charge in [-0.2, -0.15) is 0 Å². The van der Waals surface area contributed by atoms with Crippen molar-refractivity contribution in [3.8, 4) is 5.75 Å². The Bertz CT molecular complexity index is 1250. The second-order valence-electron chi connectivity index (χ2n) is 8.39. The van der Waals surface area contributed by atoms with Crippen LogP contribution in [-0.4, -0.2) is 33.7 Å². The molecule has 1 atom stereocenters. The number of esters is 1. The third-order valence-corrected chi connectivity index (χ3v) is 5.92. The topological polar surface area (TPSA) is 91.6 Å². The van der Waals surface area contributed by atoms with Gasteiger partial charge in [0.2, 0.25) is 0 Å². The Labute approximate surface area is 213 Å². The molecule has 35 heavy (non-hydrogen) atoms. The van der Waals surface area contributed by atoms with Gasteiger partial charge in [-0.3, -0.25) is 18.7 Å². The summed E-state index contributed by atoms with van der Waals surface area (Å²) in [6.07, 6.45) is 6.74. The molecule has 188 valence electrons. The van der Waals surface area contributed by atoms with E-state index in [1.807, 2.05) is 32.1 Å². The van der Waals surface area contributed by atoms with Gasteiger partial charge in [0.25, 0.3) is 5.56 Å². The van der Waals surface area contributed by atoms with Crippen LogP contribution in [0.25, 0.3) is 0 Å². The number of alkyl halides is 1. The first-order valence-corrected chi connectivity index (χ1v) is 12.2. The van der Waals surface area contributed by atoms with Crippen molar-refractivity contribution in [2.45, 2.75) is 57.7 Å². The molecule has 0 amide bonds. The van der Waals surface area contributed by atoms with E-state index in [2.05, 4.69) is 10.1 Å². The highest BCUT2D eigenvalue weighted by Gasteiger charge is 2.15. The van der Waals surface area contributed by atoms with Crippen molar-refractivity contribution < 1.29 is 14.3 Å². The molecule has 3 rings (SSSR count). The van der Waals surface area contributed by atoms with Gasteiger partial charge in [-0.25, -0.2) is 4.79 Å². The maximum atomic E-state index is 13.4. The number of allylic oxidation sites excluding steroid dienone is 4. The molecule has 1 aliphatic rings. The molecular formula is C25H29Cl2N3O5. The van der Waals surface area contributed by atoms with Crippen molar-refractivity contribution in [1.29, 1.82) is 0 Å². The van der Waals surface area contributed by atoms with Gasteiger partial charge in [0.1, 0.15) is 11.6 Å². The van der Waals surface area contributed by atoms with E-state index < -0.39 is 17.2 Å². The molecule has 1 N–H and O–H groups in total. The maximum Gasteiger partial charge on any atom is 0.332 e. The minimum Gasteiger partial charge on any atom is -0.489 e. The molecule has 0 aliphatic heterocycles. The molecule has 0 bridgehead atoms. The van der Waals surface area contributed by atoms with Crippen LogP contribution in [0.5, 0.6) is 5.75 Å². The van der Waals surface area contributed by atoms with Crippen LogP contribution < -0.4 is 21.3 Å². The summed E-state index contributed by atoms with van der Waals surface area (Å²) >= 11 is 12.5. The van der Waals surface area contributed by atoms with E-state index in [0.717, 1.165) is 10.1 Å². The maximum absolute atomic E-state index is 13.4. The van der Waals surface area contributed by atoms with Crippen molar-refractivity contribution >= 4 is 40.7 Å². The number of carbonyl (C=O) groups excluding carboxylic acids is 1. The van der Waals surface area contributed by atoms with Crippen LogP contribution in [0.4, 0.5) is 11.5 Å². The van der Waals surface area contributed by atoms with Gasteiger partial charge < -0.3 is 14.8 Å². The minimum absolute atomic E-state index is 0.0346. The van der Waals surface area contributed by atoms with Crippen molar-refractivity contribution in [1.82, 2.24) is 9.13 Å². The average molecular weight is 522 g/mol. The Kier molecular flexibility index (Phi) is 9.23. The zero-order chi connectivity index (χ0) is 25.5. The van der Waals surface area contributed by atoms with Crippen molar-refractivity contribution in [3.05, 3.63) is 73.9 Å². The number of hydrogen-bond donors (Lipinski definition) is 1. The lowest BCUT2D eigenvalue weighted by Gasteiger charge is -2.19. The Hall–Kier alpha value is -2.97. The molecule has 2 aromatic rings. The number of hydrogen-bond acceptors (Lipinski definition) is 6. The number of anilines is 2. The molecule has 1 aliphatic carbocycles. The van der Waals surface area contributed by atoms with Gasteiger partial charge in [-0.1, -0.05) is 29.8 Å². The third-order valence-electron chi connectivity index (χ3n) is 5.30. The lowest BCUT2D eigenvalue weighted by atomic mass is 10.1. The van der Waals surface area contributed by atoms with Crippen LogP contribution in [0.2, 0.25) is 5.02 Å². The first kappa shape index (κ1) is 26.6. The van der Waals surface area contributed by atoms with E-state index >= 15 is 0 Å². The molecular weight excluding hydrogens is 493 g/mol. The number of aromatic nitrogens is 2. The van der Waals surface area contributed by atoms with Crippen LogP contribution in [0.15, 0.2) is 57.7 Å². The minimum atomic E-state index is -0.488. The van der Waals surface area contributed by atoms with Gasteiger partial charge in [0.15, 0.2) is 0 Å². The van der Waals surface area contributed by atoms with Crippen LogP contribution in [0.1, 0.15) is 33.1 Å². The van der Waals surface area contributed by atoms with Crippen LogP contribution in [0, 0.1) is 0 Å². The lowest BCUT2D eigenvalue weighted by Crippen LogP contribution is -2.40. The van der Waals surface area contributed by atoms with Gasteiger partial charge in [-0.15, -0.1) is 11.6 Å². The van der Waals surface area contributed by atoms with Crippen molar-refractivity contribution in [3.63, 3.8) is 0 Å². The van der Waals surface area contributed by atoms with Crippen LogP contribution in [0.3, 0.4) is 0 Å². The molecule has 0 spiro atoms. The quantitative estimate of drug-likeness (QED) is 0.361. The lowest BCUT2D eigenvalue weighted by molar-refractivity contribution is -0.140. The van der Waals surface area contributed by atoms with Crippen molar-refractivity contribution in [2.24, 2.45) is 0 Å². The summed E-state index contributed by atoms with van der Waals surface area (Å²) in [7, 11) is 1.30. The molecule has 0 saturated heterocycles. The molecule has 1 unspecified atom stereocenters. The highest BCUT2D eigenvalue weighted by atomic mass is 35.5. The van der Waals surface area contributed by atoms with Gasteiger partial charge >= 0.3 is 11.7 Å². The largest absolute Gasteiger partial charge is 0.489 e. The summed E-state index contributed by atoms with van der Waals surface area (Å²) < 4.78 is 12.9. The fourth-order valence-corrected chi connectivity index (χ4v) is 3.96. The number of carbonyl (C=O) groups is 1. The Balaban J connectivity index is 1.95. The summed E-state index contributed by atoms with van der Waals surface area (Å²) in [5.74, 6) is 0.463. The molecule has 0 radical (unpaired) electrons. The number of methoxy groups -OCH3 is 1. The number of nitrogens with one attached hydrogen (secondary N) is 1. The summed E-state index contributed by atoms with van der Waals surface area (Å²) in [6, 6.07) is 6.53. The number of halogens is 2. The van der Waals surface area contributed by atoms with E-state index in [4.69, 9.17) is 27.9 Å². The predicted octanol–water partition coefficient (Wildman–Crippen LogP) is 4.64. The first-order valence-electron chi connectivity index (χ1n) is 11.3. The fraction of sp³-hybridized carbons (Fsp3) is 0.400. The van der Waals surface area contributed by atoms with E-state index in [1.165, 1.54) is 17.7 Å². The first-order chi connectivity index (χ1) is 16.7. The molecule has 0 saturated carbocycles. The van der Waals surface area contributed by atoms with Gasteiger partial charge in [0, 0.05) is 24.7 Å². The monoisotopic (exact) mass is 521 g/mol. The van der Waals surface area contributed by atoms with Crippen LogP contribution >= 0.6 is 23.2 Å². The Morgan fingerprint density at radius 2 is 2.00 bits per heavy atom. The fourth-order valence-electron chi connectivity index (χ4n) is 3.58. The molecule has 8 nitrogen and oxygen atoms in total. The predicted molar refractivity (Wildman–Crippen MR) is 138 cm³/mol. The highest BCUT2D eigenvalue weighted by Crippen LogP contribution is 2.30. The number of nitrogens with zero attached hydrogens (tertiary/aromatic N) is 2. The molecule has 1 heterocycles. The Morgan fingerprint density at radius 3 is 2.63 bits per heavy atom. The molecule has 0 fully saturated rings. The average Bonchev–Trinajstić information content (AvgIpc) is 2.81. The highest BCUT2D eigenvalue weighted by molar-refractivity contribution is 6.32. The SMILES string of the molecule is COC(=O)CCCn1c(=O)cc(Nc2ccc(OC(C)C)c(Cl)c2)n(CC2=CCC(Cl)C=C2)c1=O. The van der Waals surface area contributed by atoms with E-state index in [9.17, 15) is 14.4 Å². The summed E-state index contributed by atoms with van der Waals surface area (Å²) in [5, 5.41) is 3.46. The smallest absolute Gasteiger partial charge is 0.332 e. The zero-order valence-corrected chi connectivity index (χ0v) is 21.4. The normalized spacial score (nSPS) is 15.1. The second-order valence-corrected chi connectivity index (χ2v) is 9.36. The number of benzene rings is 1. The number of rotatable bonds is 10. The zero-order valence-electron chi connectivity index (χ0n) is 19.9. The second kappa shape index (κ2) is 12.1. The molecule has 10 heteroatoms. The van der Waals surface area contributed by atoms with Gasteiger partial charge in [0.05, 0.1) is 30.2 Å². The van der Waals surface area contributed by atoms with Gasteiger partial charge in [-0.05, 0) is 50.5 Å².